The van der Waals surface area contributed by atoms with Crippen molar-refractivity contribution in [3.05, 3.63) is 54.0 Å². The summed E-state index contributed by atoms with van der Waals surface area (Å²) < 4.78 is 5.32. The maximum Gasteiger partial charge on any atom is 0.181 e. The van der Waals surface area contributed by atoms with E-state index in [4.69, 9.17) is 4.42 Å². The molecular formula is C15H13NO. The number of rotatable bonds is 1. The number of hydrogen-bond acceptors (Lipinski definition) is 2. The highest BCUT2D eigenvalue weighted by Gasteiger charge is 2.04. The minimum Gasteiger partial charge on any atom is -0.444 e. The normalized spacial score (nSPS) is 10.9. The van der Waals surface area contributed by atoms with E-state index in [0.29, 0.717) is 0 Å². The van der Waals surface area contributed by atoms with Gasteiger partial charge in [0.2, 0.25) is 0 Å². The number of oxazole rings is 1. The molecule has 0 aliphatic heterocycles. The van der Waals surface area contributed by atoms with E-state index < -0.39 is 0 Å². The number of hydrogen-bond donors (Lipinski definition) is 0. The predicted octanol–water partition coefficient (Wildman–Crippen LogP) is 4.11. The Kier molecular flexibility index (Phi) is 2.22. The average molecular weight is 223 g/mol. The van der Waals surface area contributed by atoms with E-state index in [0.717, 1.165) is 11.3 Å². The van der Waals surface area contributed by atoms with Gasteiger partial charge in [-0.05, 0) is 36.2 Å². The van der Waals surface area contributed by atoms with Crippen LogP contribution in [0.1, 0.15) is 11.1 Å². The number of benzene rings is 2. The SMILES string of the molecule is Cc1cc(C)c2cc(-c3cnco3)ccc2c1. The lowest BCUT2D eigenvalue weighted by molar-refractivity contribution is 0.572. The molecule has 1 aromatic heterocycles. The summed E-state index contributed by atoms with van der Waals surface area (Å²) in [6.07, 6.45) is 3.20. The Labute approximate surface area is 99.9 Å². The Morgan fingerprint density at radius 3 is 2.71 bits per heavy atom. The van der Waals surface area contributed by atoms with Crippen LogP contribution in [0.2, 0.25) is 0 Å². The molecule has 3 aromatic rings. The molecule has 2 nitrogen and oxygen atoms in total. The Morgan fingerprint density at radius 1 is 1.06 bits per heavy atom. The third kappa shape index (κ3) is 1.72. The highest BCUT2D eigenvalue weighted by atomic mass is 16.3. The molecule has 0 unspecified atom stereocenters. The minimum atomic E-state index is 0.812. The van der Waals surface area contributed by atoms with Crippen LogP contribution in [0.5, 0.6) is 0 Å². The number of aromatic nitrogens is 1. The van der Waals surface area contributed by atoms with Crippen LogP contribution in [0.25, 0.3) is 22.1 Å². The largest absolute Gasteiger partial charge is 0.444 e. The van der Waals surface area contributed by atoms with Crippen molar-refractivity contribution in [3.8, 4) is 11.3 Å². The molecule has 0 radical (unpaired) electrons. The van der Waals surface area contributed by atoms with E-state index in [1.54, 1.807) is 6.20 Å². The molecule has 0 spiro atoms. The maximum absolute atomic E-state index is 5.32. The van der Waals surface area contributed by atoms with Crippen LogP contribution in [-0.4, -0.2) is 4.98 Å². The Morgan fingerprint density at radius 2 is 1.94 bits per heavy atom. The van der Waals surface area contributed by atoms with Gasteiger partial charge in [0, 0.05) is 5.56 Å². The number of nitrogens with zero attached hydrogens (tertiary/aromatic N) is 1. The second-order valence-corrected chi connectivity index (χ2v) is 4.38. The summed E-state index contributed by atoms with van der Waals surface area (Å²) in [5.41, 5.74) is 3.66. The van der Waals surface area contributed by atoms with E-state index in [1.807, 2.05) is 0 Å². The van der Waals surface area contributed by atoms with Crippen LogP contribution in [-0.2, 0) is 0 Å². The molecule has 0 amide bonds. The quantitative estimate of drug-likeness (QED) is 0.620. The predicted molar refractivity (Wildman–Crippen MR) is 68.9 cm³/mol. The standard InChI is InChI=1S/C15H13NO/c1-10-5-11(2)14-7-13(4-3-12(14)6-10)15-8-16-9-17-15/h3-9H,1-2H3. The molecule has 3 rings (SSSR count). The van der Waals surface area contributed by atoms with Gasteiger partial charge >= 0.3 is 0 Å². The van der Waals surface area contributed by atoms with Crippen LogP contribution in [0, 0.1) is 13.8 Å². The van der Waals surface area contributed by atoms with Crippen molar-refractivity contribution in [3.63, 3.8) is 0 Å². The first-order valence-electron chi connectivity index (χ1n) is 5.64. The molecule has 0 aliphatic carbocycles. The summed E-state index contributed by atoms with van der Waals surface area (Å²) in [5.74, 6) is 0.812. The molecule has 84 valence electrons. The van der Waals surface area contributed by atoms with Crippen LogP contribution >= 0.6 is 0 Å². The molecular weight excluding hydrogens is 210 g/mol. The summed E-state index contributed by atoms with van der Waals surface area (Å²) in [5, 5.41) is 2.54. The lowest BCUT2D eigenvalue weighted by Gasteiger charge is -2.06. The Balaban J connectivity index is 2.26. The zero-order valence-electron chi connectivity index (χ0n) is 9.90. The average Bonchev–Trinajstić information content (AvgIpc) is 2.82. The second-order valence-electron chi connectivity index (χ2n) is 4.38. The molecule has 0 atom stereocenters. The maximum atomic E-state index is 5.32. The number of aryl methyl sites for hydroxylation is 2. The molecule has 1 heterocycles. The summed E-state index contributed by atoms with van der Waals surface area (Å²) in [7, 11) is 0. The lowest BCUT2D eigenvalue weighted by atomic mass is 9.99. The van der Waals surface area contributed by atoms with Gasteiger partial charge in [0.1, 0.15) is 0 Å². The molecule has 2 aromatic carbocycles. The van der Waals surface area contributed by atoms with Crippen LogP contribution in [0.15, 0.2) is 47.3 Å². The van der Waals surface area contributed by atoms with E-state index in [1.165, 1.54) is 28.3 Å². The van der Waals surface area contributed by atoms with Crippen molar-refractivity contribution in [1.82, 2.24) is 4.98 Å². The van der Waals surface area contributed by atoms with Gasteiger partial charge in [0.05, 0.1) is 6.20 Å². The topological polar surface area (TPSA) is 26.0 Å². The first-order chi connectivity index (χ1) is 8.24. The second kappa shape index (κ2) is 3.74. The molecule has 0 fully saturated rings. The third-order valence-electron chi connectivity index (χ3n) is 3.02. The highest BCUT2D eigenvalue weighted by Crippen LogP contribution is 2.27. The summed E-state index contributed by atoms with van der Waals surface area (Å²) in [4.78, 5) is 3.95. The molecule has 0 bridgehead atoms. The van der Waals surface area contributed by atoms with Gasteiger partial charge in [-0.2, -0.15) is 0 Å². The van der Waals surface area contributed by atoms with Crippen molar-refractivity contribution < 1.29 is 4.42 Å². The first-order valence-corrected chi connectivity index (χ1v) is 5.64. The number of fused-ring (bicyclic) bond motifs is 1. The van der Waals surface area contributed by atoms with Gasteiger partial charge in [-0.15, -0.1) is 0 Å². The molecule has 0 N–H and O–H groups in total. The van der Waals surface area contributed by atoms with Gasteiger partial charge in [0.25, 0.3) is 0 Å². The first kappa shape index (κ1) is 10.1. The van der Waals surface area contributed by atoms with Gasteiger partial charge in [-0.3, -0.25) is 0 Å². The fourth-order valence-electron chi connectivity index (χ4n) is 2.24. The molecule has 0 saturated heterocycles. The fourth-order valence-corrected chi connectivity index (χ4v) is 2.24. The van der Waals surface area contributed by atoms with Crippen LogP contribution < -0.4 is 0 Å². The van der Waals surface area contributed by atoms with Crippen molar-refractivity contribution in [2.45, 2.75) is 13.8 Å². The summed E-state index contributed by atoms with van der Waals surface area (Å²) in [6, 6.07) is 10.8. The molecule has 0 saturated carbocycles. The monoisotopic (exact) mass is 223 g/mol. The smallest absolute Gasteiger partial charge is 0.181 e. The van der Waals surface area contributed by atoms with Gasteiger partial charge in [-0.25, -0.2) is 4.98 Å². The zero-order valence-corrected chi connectivity index (χ0v) is 9.90. The Hall–Kier alpha value is -2.09. The highest BCUT2D eigenvalue weighted by molar-refractivity contribution is 5.89. The molecule has 2 heteroatoms. The van der Waals surface area contributed by atoms with E-state index in [2.05, 4.69) is 49.2 Å². The minimum absolute atomic E-state index is 0.812. The van der Waals surface area contributed by atoms with Crippen molar-refractivity contribution in [1.29, 1.82) is 0 Å². The third-order valence-corrected chi connectivity index (χ3v) is 3.02. The van der Waals surface area contributed by atoms with Crippen molar-refractivity contribution in [2.75, 3.05) is 0 Å². The van der Waals surface area contributed by atoms with Gasteiger partial charge in [0.15, 0.2) is 12.2 Å². The van der Waals surface area contributed by atoms with Crippen LogP contribution in [0.3, 0.4) is 0 Å². The zero-order chi connectivity index (χ0) is 11.8. The van der Waals surface area contributed by atoms with Gasteiger partial charge < -0.3 is 4.42 Å². The fraction of sp³-hybridized carbons (Fsp3) is 0.133. The van der Waals surface area contributed by atoms with Crippen LogP contribution in [0.4, 0.5) is 0 Å². The lowest BCUT2D eigenvalue weighted by Crippen LogP contribution is -1.83. The van der Waals surface area contributed by atoms with Crippen molar-refractivity contribution >= 4 is 10.8 Å². The summed E-state index contributed by atoms with van der Waals surface area (Å²) in [6.45, 7) is 4.26. The summed E-state index contributed by atoms with van der Waals surface area (Å²) >= 11 is 0. The Bertz CT molecular complexity index is 669. The van der Waals surface area contributed by atoms with E-state index in [9.17, 15) is 0 Å². The molecule has 17 heavy (non-hydrogen) atoms. The van der Waals surface area contributed by atoms with Crippen molar-refractivity contribution in [2.24, 2.45) is 0 Å². The van der Waals surface area contributed by atoms with E-state index >= 15 is 0 Å². The van der Waals surface area contributed by atoms with E-state index in [-0.39, 0.29) is 0 Å². The van der Waals surface area contributed by atoms with Gasteiger partial charge in [-0.1, -0.05) is 29.8 Å². The molecule has 0 aliphatic rings.